The van der Waals surface area contributed by atoms with Crippen LogP contribution in [0, 0.1) is 0 Å². The van der Waals surface area contributed by atoms with Crippen molar-refractivity contribution in [2.24, 2.45) is 0 Å². The fourth-order valence-corrected chi connectivity index (χ4v) is 0.996. The molecule has 0 saturated heterocycles. The minimum Gasteiger partial charge on any atom is -0.494 e. The Labute approximate surface area is 76.3 Å². The average molecular weight is 179 g/mol. The second-order valence-electron chi connectivity index (χ2n) is 2.70. The molecule has 4 heteroatoms. The highest BCUT2D eigenvalue weighted by Crippen LogP contribution is 2.09. The molecule has 0 bridgehead atoms. The first-order valence-electron chi connectivity index (χ1n) is 3.78. The highest BCUT2D eigenvalue weighted by molar-refractivity contribution is 7.26. The van der Waals surface area contributed by atoms with Crippen molar-refractivity contribution >= 4 is 22.5 Å². The van der Waals surface area contributed by atoms with E-state index in [1.165, 1.54) is 0 Å². The Morgan fingerprint density at radius 2 is 2.50 bits per heavy atom. The SMILES string of the molecule is [B]C(C)COc1ccnc(P)c1. The molecule has 0 aromatic carbocycles. The van der Waals surface area contributed by atoms with Crippen LogP contribution in [0.4, 0.5) is 0 Å². The van der Waals surface area contributed by atoms with E-state index in [1.54, 1.807) is 6.20 Å². The quantitative estimate of drug-likeness (QED) is 0.508. The summed E-state index contributed by atoms with van der Waals surface area (Å²) in [5.74, 6) is 0.874. The lowest BCUT2D eigenvalue weighted by molar-refractivity contribution is 0.318. The Morgan fingerprint density at radius 3 is 3.08 bits per heavy atom. The molecule has 2 unspecified atom stereocenters. The number of hydrogen-bond donors (Lipinski definition) is 0. The van der Waals surface area contributed by atoms with E-state index < -0.39 is 0 Å². The molecule has 0 saturated carbocycles. The first-order chi connectivity index (χ1) is 5.68. The normalized spacial score (nSPS) is 12.5. The zero-order valence-electron chi connectivity index (χ0n) is 7.03. The molecule has 0 N–H and O–H groups in total. The monoisotopic (exact) mass is 179 g/mol. The Bertz CT molecular complexity index is 255. The third-order valence-corrected chi connectivity index (χ3v) is 1.58. The summed E-state index contributed by atoms with van der Waals surface area (Å²) in [6, 6.07) is 3.67. The molecule has 2 atom stereocenters. The van der Waals surface area contributed by atoms with Crippen LogP contribution in [0.1, 0.15) is 6.92 Å². The summed E-state index contributed by atoms with van der Waals surface area (Å²) in [7, 11) is 8.05. The van der Waals surface area contributed by atoms with Crippen LogP contribution in [0.25, 0.3) is 0 Å². The van der Waals surface area contributed by atoms with Gasteiger partial charge in [-0.15, -0.1) is 0 Å². The zero-order valence-corrected chi connectivity index (χ0v) is 8.18. The number of pyridine rings is 1. The minimum atomic E-state index is 0.0612. The van der Waals surface area contributed by atoms with Gasteiger partial charge in [0.2, 0.25) is 0 Å². The summed E-state index contributed by atoms with van der Waals surface area (Å²) in [6.07, 6.45) is 1.71. The molecule has 0 amide bonds. The highest BCUT2D eigenvalue weighted by Gasteiger charge is 1.96. The maximum absolute atomic E-state index is 5.53. The van der Waals surface area contributed by atoms with E-state index in [0.717, 1.165) is 11.2 Å². The van der Waals surface area contributed by atoms with E-state index in [2.05, 4.69) is 14.2 Å². The molecule has 0 aliphatic carbocycles. The van der Waals surface area contributed by atoms with Crippen LogP contribution in [-0.2, 0) is 0 Å². The second kappa shape index (κ2) is 4.47. The van der Waals surface area contributed by atoms with Crippen molar-refractivity contribution in [3.63, 3.8) is 0 Å². The largest absolute Gasteiger partial charge is 0.494 e. The van der Waals surface area contributed by atoms with Gasteiger partial charge in [0, 0.05) is 12.3 Å². The average Bonchev–Trinajstić information content (AvgIpc) is 2.01. The van der Waals surface area contributed by atoms with Crippen LogP contribution in [0.15, 0.2) is 18.3 Å². The molecular formula is C8H11BNOP. The number of nitrogens with zero attached hydrogens (tertiary/aromatic N) is 1. The van der Waals surface area contributed by atoms with E-state index in [0.29, 0.717) is 6.61 Å². The molecule has 2 radical (unpaired) electrons. The molecule has 12 heavy (non-hydrogen) atoms. The number of aromatic nitrogens is 1. The van der Waals surface area contributed by atoms with E-state index in [9.17, 15) is 0 Å². The molecule has 62 valence electrons. The van der Waals surface area contributed by atoms with Gasteiger partial charge in [0.25, 0.3) is 0 Å². The van der Waals surface area contributed by atoms with Crippen molar-refractivity contribution in [3.8, 4) is 5.75 Å². The van der Waals surface area contributed by atoms with Crippen LogP contribution < -0.4 is 10.2 Å². The van der Waals surface area contributed by atoms with Crippen molar-refractivity contribution in [3.05, 3.63) is 18.3 Å². The summed E-state index contributed by atoms with van der Waals surface area (Å²) < 4.78 is 5.37. The smallest absolute Gasteiger partial charge is 0.122 e. The first kappa shape index (κ1) is 9.53. The van der Waals surface area contributed by atoms with Gasteiger partial charge < -0.3 is 4.74 Å². The predicted molar refractivity (Wildman–Crippen MR) is 54.3 cm³/mol. The molecule has 0 aliphatic rings. The van der Waals surface area contributed by atoms with Gasteiger partial charge in [-0.2, -0.15) is 0 Å². The second-order valence-corrected chi connectivity index (χ2v) is 3.30. The summed E-state index contributed by atoms with van der Waals surface area (Å²) >= 11 is 0. The van der Waals surface area contributed by atoms with Gasteiger partial charge >= 0.3 is 0 Å². The minimum absolute atomic E-state index is 0.0612. The van der Waals surface area contributed by atoms with Gasteiger partial charge in [0.15, 0.2) is 0 Å². The predicted octanol–water partition coefficient (Wildman–Crippen LogP) is 0.938. The molecule has 0 aliphatic heterocycles. The Morgan fingerprint density at radius 1 is 1.75 bits per heavy atom. The standard InChI is InChI=1S/C8H11BNOP/c1-6(9)5-11-7-2-3-10-8(12)4-7/h2-4,6H,5,12H2,1H3. The van der Waals surface area contributed by atoms with Crippen LogP contribution in [-0.4, -0.2) is 19.4 Å². The summed E-state index contributed by atoms with van der Waals surface area (Å²) in [4.78, 5) is 4.02. The molecular weight excluding hydrogens is 168 g/mol. The van der Waals surface area contributed by atoms with Crippen LogP contribution in [0.3, 0.4) is 0 Å². The maximum atomic E-state index is 5.53. The third-order valence-electron chi connectivity index (χ3n) is 1.27. The van der Waals surface area contributed by atoms with Gasteiger partial charge in [-0.25, -0.2) is 0 Å². The van der Waals surface area contributed by atoms with Crippen LogP contribution in [0.2, 0.25) is 5.82 Å². The topological polar surface area (TPSA) is 22.1 Å². The summed E-state index contributed by atoms with van der Waals surface area (Å²) in [5, 5.41) is 0. The van der Waals surface area contributed by atoms with Crippen molar-refractivity contribution in [1.29, 1.82) is 0 Å². The fraction of sp³-hybridized carbons (Fsp3) is 0.375. The Kier molecular flexibility index (Phi) is 3.55. The van der Waals surface area contributed by atoms with Crippen molar-refractivity contribution in [2.45, 2.75) is 12.7 Å². The van der Waals surface area contributed by atoms with E-state index >= 15 is 0 Å². The lowest BCUT2D eigenvalue weighted by Gasteiger charge is -2.08. The van der Waals surface area contributed by atoms with E-state index in [4.69, 9.17) is 12.6 Å². The molecule has 1 aromatic rings. The van der Waals surface area contributed by atoms with E-state index in [-0.39, 0.29) is 5.82 Å². The van der Waals surface area contributed by atoms with Gasteiger partial charge in [-0.05, 0) is 11.9 Å². The summed E-state index contributed by atoms with van der Waals surface area (Å²) in [5.41, 5.74) is 0.872. The van der Waals surface area contributed by atoms with Gasteiger partial charge in [-0.1, -0.05) is 16.2 Å². The van der Waals surface area contributed by atoms with Gasteiger partial charge in [0.05, 0.1) is 19.9 Å². The molecule has 1 heterocycles. The first-order valence-corrected chi connectivity index (χ1v) is 4.36. The zero-order chi connectivity index (χ0) is 8.97. The molecule has 0 spiro atoms. The molecule has 2 nitrogen and oxygen atoms in total. The van der Waals surface area contributed by atoms with Crippen molar-refractivity contribution in [2.75, 3.05) is 6.61 Å². The van der Waals surface area contributed by atoms with Crippen LogP contribution in [0.5, 0.6) is 5.75 Å². The molecule has 1 rings (SSSR count). The van der Waals surface area contributed by atoms with Gasteiger partial charge in [-0.3, -0.25) is 4.98 Å². The van der Waals surface area contributed by atoms with Crippen LogP contribution >= 0.6 is 9.24 Å². The highest BCUT2D eigenvalue weighted by atomic mass is 31.0. The third kappa shape index (κ3) is 3.23. The Balaban J connectivity index is 2.52. The Hall–Kier alpha value is -0.555. The maximum Gasteiger partial charge on any atom is 0.122 e. The molecule has 0 fully saturated rings. The number of hydrogen-bond acceptors (Lipinski definition) is 2. The van der Waals surface area contributed by atoms with Gasteiger partial charge in [0.1, 0.15) is 5.75 Å². The fourth-order valence-electron chi connectivity index (χ4n) is 0.745. The number of rotatable bonds is 3. The summed E-state index contributed by atoms with van der Waals surface area (Å²) in [6.45, 7) is 2.44. The molecule has 1 aromatic heterocycles. The lowest BCUT2D eigenvalue weighted by atomic mass is 9.91. The lowest BCUT2D eigenvalue weighted by Crippen LogP contribution is -2.05. The number of ether oxygens (including phenoxy) is 1. The van der Waals surface area contributed by atoms with Crippen molar-refractivity contribution < 1.29 is 4.74 Å². The van der Waals surface area contributed by atoms with E-state index in [1.807, 2.05) is 19.1 Å². The van der Waals surface area contributed by atoms with Crippen molar-refractivity contribution in [1.82, 2.24) is 4.98 Å².